The highest BCUT2D eigenvalue weighted by molar-refractivity contribution is 7.99. The van der Waals surface area contributed by atoms with Crippen molar-refractivity contribution in [3.8, 4) is 18.1 Å². The Hall–Kier alpha value is -2.72. The number of pyridine rings is 1. The van der Waals surface area contributed by atoms with Gasteiger partial charge in [0.25, 0.3) is 5.91 Å². The van der Waals surface area contributed by atoms with Crippen molar-refractivity contribution < 1.29 is 14.4 Å². The van der Waals surface area contributed by atoms with Gasteiger partial charge >= 0.3 is 0 Å². The fourth-order valence-electron chi connectivity index (χ4n) is 2.53. The van der Waals surface area contributed by atoms with Crippen LogP contribution < -0.4 is 10.1 Å². The van der Waals surface area contributed by atoms with E-state index in [4.69, 9.17) is 16.0 Å². The summed E-state index contributed by atoms with van der Waals surface area (Å²) < 4.78 is 5.96. The second-order valence-electron chi connectivity index (χ2n) is 6.73. The third-order valence-corrected chi connectivity index (χ3v) is 4.55. The molecule has 7 heteroatoms. The van der Waals surface area contributed by atoms with Crippen LogP contribution in [0.15, 0.2) is 29.6 Å². The van der Waals surface area contributed by atoms with Gasteiger partial charge in [0, 0.05) is 17.1 Å². The molecule has 0 aliphatic rings. The van der Waals surface area contributed by atoms with Gasteiger partial charge in [-0.15, -0.1) is 18.2 Å². The summed E-state index contributed by atoms with van der Waals surface area (Å²) in [6.45, 7) is 7.91. The number of ether oxygens (including phenoxy) is 1. The molecule has 1 heterocycles. The molecule has 0 bridgehead atoms. The summed E-state index contributed by atoms with van der Waals surface area (Å²) in [5.41, 5.74) is 1.10. The standard InChI is InChI=1S/C21H25N3O3S/c1-7-15-10-16-11-17(9-14(3)18(16)22-12-15)27-20(28-6)19(25)24-21(4,5)13-23-26-8-2/h1,9-13,20H,8H2,2-6H3,(H,24,25)/b23-13-. The lowest BCUT2D eigenvalue weighted by atomic mass is 10.1. The molecule has 1 N–H and O–H groups in total. The summed E-state index contributed by atoms with van der Waals surface area (Å²) in [6, 6.07) is 5.58. The van der Waals surface area contributed by atoms with Crippen LogP contribution in [0.1, 0.15) is 31.9 Å². The molecule has 0 aliphatic heterocycles. The minimum atomic E-state index is -0.722. The molecular weight excluding hydrogens is 374 g/mol. The Morgan fingerprint density at radius 1 is 1.46 bits per heavy atom. The molecule has 148 valence electrons. The first-order chi connectivity index (χ1) is 13.3. The number of nitrogens with one attached hydrogen (secondary N) is 1. The van der Waals surface area contributed by atoms with Gasteiger partial charge in [-0.2, -0.15) is 0 Å². The number of aromatic nitrogens is 1. The average molecular weight is 400 g/mol. The zero-order valence-electron chi connectivity index (χ0n) is 16.8. The quantitative estimate of drug-likeness (QED) is 0.318. The normalized spacial score (nSPS) is 12.6. The van der Waals surface area contributed by atoms with Gasteiger partial charge in [0.1, 0.15) is 12.4 Å². The number of nitrogens with zero attached hydrogens (tertiary/aromatic N) is 2. The van der Waals surface area contributed by atoms with Crippen LogP contribution in [0.25, 0.3) is 10.9 Å². The van der Waals surface area contributed by atoms with Crippen LogP contribution in [0, 0.1) is 19.3 Å². The lowest BCUT2D eigenvalue weighted by Gasteiger charge is -2.24. The third-order valence-electron chi connectivity index (χ3n) is 3.81. The predicted molar refractivity (Wildman–Crippen MR) is 115 cm³/mol. The number of rotatable bonds is 8. The maximum atomic E-state index is 12.7. The van der Waals surface area contributed by atoms with Crippen molar-refractivity contribution in [2.45, 2.75) is 38.7 Å². The molecule has 0 spiro atoms. The number of oxime groups is 1. The van der Waals surface area contributed by atoms with Crippen LogP contribution in [0.3, 0.4) is 0 Å². The average Bonchev–Trinajstić information content (AvgIpc) is 2.65. The Kier molecular flexibility index (Phi) is 7.30. The number of terminal acetylenes is 1. The first-order valence-corrected chi connectivity index (χ1v) is 10.1. The highest BCUT2D eigenvalue weighted by Gasteiger charge is 2.26. The summed E-state index contributed by atoms with van der Waals surface area (Å²) >= 11 is 1.30. The highest BCUT2D eigenvalue weighted by Crippen LogP contribution is 2.26. The van der Waals surface area contributed by atoms with E-state index in [1.54, 1.807) is 12.4 Å². The number of amides is 1. The number of benzene rings is 1. The molecule has 28 heavy (non-hydrogen) atoms. The van der Waals surface area contributed by atoms with E-state index in [1.807, 2.05) is 52.1 Å². The van der Waals surface area contributed by atoms with Gasteiger partial charge in [0.15, 0.2) is 0 Å². The predicted octanol–water partition coefficient (Wildman–Crippen LogP) is 3.51. The van der Waals surface area contributed by atoms with E-state index >= 15 is 0 Å². The summed E-state index contributed by atoms with van der Waals surface area (Å²) in [7, 11) is 0. The smallest absolute Gasteiger partial charge is 0.272 e. The van der Waals surface area contributed by atoms with E-state index in [0.29, 0.717) is 17.9 Å². The molecule has 1 amide bonds. The van der Waals surface area contributed by atoms with Gasteiger partial charge in [0.05, 0.1) is 17.3 Å². The number of hydrogen-bond acceptors (Lipinski definition) is 6. The van der Waals surface area contributed by atoms with Crippen molar-refractivity contribution in [1.82, 2.24) is 10.3 Å². The Morgan fingerprint density at radius 3 is 2.86 bits per heavy atom. The van der Waals surface area contributed by atoms with Crippen LogP contribution >= 0.6 is 11.8 Å². The van der Waals surface area contributed by atoms with Crippen molar-refractivity contribution in [2.24, 2.45) is 5.16 Å². The van der Waals surface area contributed by atoms with Crippen molar-refractivity contribution in [1.29, 1.82) is 0 Å². The number of thioether (sulfide) groups is 1. The fourth-order valence-corrected chi connectivity index (χ4v) is 3.01. The minimum Gasteiger partial charge on any atom is -0.470 e. The first-order valence-electron chi connectivity index (χ1n) is 8.84. The highest BCUT2D eigenvalue weighted by atomic mass is 32.2. The minimum absolute atomic E-state index is 0.256. The number of carbonyl (C=O) groups excluding carboxylic acids is 1. The van der Waals surface area contributed by atoms with Crippen LogP contribution in [-0.4, -0.2) is 40.9 Å². The van der Waals surface area contributed by atoms with E-state index in [1.165, 1.54) is 11.8 Å². The molecule has 0 saturated carbocycles. The Bertz CT molecular complexity index is 919. The monoisotopic (exact) mass is 399 g/mol. The maximum absolute atomic E-state index is 12.7. The van der Waals surface area contributed by atoms with Gasteiger partial charge in [0.2, 0.25) is 5.44 Å². The molecule has 1 unspecified atom stereocenters. The number of carbonyl (C=O) groups is 1. The zero-order valence-corrected chi connectivity index (χ0v) is 17.6. The topological polar surface area (TPSA) is 72.8 Å². The second kappa shape index (κ2) is 9.47. The van der Waals surface area contributed by atoms with Crippen LogP contribution in [0.2, 0.25) is 0 Å². The Balaban J connectivity index is 2.19. The molecule has 2 aromatic rings. The number of fused-ring (bicyclic) bond motifs is 1. The van der Waals surface area contributed by atoms with E-state index < -0.39 is 11.0 Å². The van der Waals surface area contributed by atoms with E-state index in [9.17, 15) is 4.79 Å². The summed E-state index contributed by atoms with van der Waals surface area (Å²) in [5, 5.41) is 7.61. The molecule has 0 aliphatic carbocycles. The van der Waals surface area contributed by atoms with Crippen molar-refractivity contribution in [3.63, 3.8) is 0 Å². The largest absolute Gasteiger partial charge is 0.470 e. The fraction of sp³-hybridized carbons (Fsp3) is 0.381. The van der Waals surface area contributed by atoms with Crippen molar-refractivity contribution >= 4 is 34.8 Å². The zero-order chi connectivity index (χ0) is 20.7. The number of aryl methyl sites for hydroxylation is 1. The Labute approximate surface area is 170 Å². The van der Waals surface area contributed by atoms with Gasteiger partial charge < -0.3 is 14.9 Å². The van der Waals surface area contributed by atoms with Crippen LogP contribution in [0.5, 0.6) is 5.75 Å². The summed E-state index contributed by atoms with van der Waals surface area (Å²) in [5.74, 6) is 2.90. The van der Waals surface area contributed by atoms with Crippen molar-refractivity contribution in [3.05, 3.63) is 35.5 Å². The van der Waals surface area contributed by atoms with E-state index in [-0.39, 0.29) is 5.91 Å². The molecule has 6 nitrogen and oxygen atoms in total. The SMILES string of the molecule is C#Cc1cnc2c(C)cc(OC(SC)C(=O)NC(C)(C)/C=N\OCC)cc2c1. The molecule has 1 aromatic carbocycles. The second-order valence-corrected chi connectivity index (χ2v) is 7.63. The Morgan fingerprint density at radius 2 is 2.21 bits per heavy atom. The van der Waals surface area contributed by atoms with Gasteiger partial charge in [-0.3, -0.25) is 9.78 Å². The van der Waals surface area contributed by atoms with Gasteiger partial charge in [-0.25, -0.2) is 0 Å². The molecule has 1 atom stereocenters. The van der Waals surface area contributed by atoms with E-state index in [0.717, 1.165) is 16.5 Å². The molecule has 1 aromatic heterocycles. The molecule has 2 rings (SSSR count). The molecule has 0 fully saturated rings. The van der Waals surface area contributed by atoms with Crippen LogP contribution in [-0.2, 0) is 9.63 Å². The molecule has 0 saturated heterocycles. The van der Waals surface area contributed by atoms with Crippen LogP contribution in [0.4, 0.5) is 0 Å². The third kappa shape index (κ3) is 5.64. The van der Waals surface area contributed by atoms with Gasteiger partial charge in [-0.05, 0) is 57.7 Å². The summed E-state index contributed by atoms with van der Waals surface area (Å²) in [6.07, 6.45) is 10.5. The van der Waals surface area contributed by atoms with Crippen molar-refractivity contribution in [2.75, 3.05) is 12.9 Å². The molecular formula is C21H25N3O3S. The van der Waals surface area contributed by atoms with E-state index in [2.05, 4.69) is 21.4 Å². The maximum Gasteiger partial charge on any atom is 0.272 e. The lowest BCUT2D eigenvalue weighted by molar-refractivity contribution is -0.125. The molecule has 0 radical (unpaired) electrons. The lowest BCUT2D eigenvalue weighted by Crippen LogP contribution is -2.49. The first kappa shape index (κ1) is 21.6. The number of hydrogen-bond donors (Lipinski definition) is 1. The van der Waals surface area contributed by atoms with Gasteiger partial charge in [-0.1, -0.05) is 11.1 Å². The summed E-state index contributed by atoms with van der Waals surface area (Å²) in [4.78, 5) is 22.0.